The van der Waals surface area contributed by atoms with Crippen LogP contribution in [0.2, 0.25) is 0 Å². The molecule has 0 unspecified atom stereocenters. The second-order valence-corrected chi connectivity index (χ2v) is 7.86. The predicted octanol–water partition coefficient (Wildman–Crippen LogP) is 2.68. The van der Waals surface area contributed by atoms with Crippen LogP contribution in [0.25, 0.3) is 0 Å². The van der Waals surface area contributed by atoms with Gasteiger partial charge in [-0.15, -0.1) is 0 Å². The van der Waals surface area contributed by atoms with E-state index in [9.17, 15) is 9.18 Å². The van der Waals surface area contributed by atoms with Crippen LogP contribution in [0.4, 0.5) is 4.39 Å². The number of likely N-dealkylation sites (tertiary alicyclic amines) is 1. The van der Waals surface area contributed by atoms with Gasteiger partial charge in [0.05, 0.1) is 19.2 Å². The molecule has 1 amide bonds. The summed E-state index contributed by atoms with van der Waals surface area (Å²) < 4.78 is 18.3. The molecule has 152 valence electrons. The minimum Gasteiger partial charge on any atom is -0.383 e. The lowest BCUT2D eigenvalue weighted by molar-refractivity contribution is -0.123. The molecule has 1 aliphatic heterocycles. The Labute approximate surface area is 162 Å². The molecule has 5 nitrogen and oxygen atoms in total. The number of ether oxygens (including phenoxy) is 1. The summed E-state index contributed by atoms with van der Waals surface area (Å²) in [5.74, 6) is 0.00326. The lowest BCUT2D eigenvalue weighted by Crippen LogP contribution is -2.45. The van der Waals surface area contributed by atoms with E-state index >= 15 is 0 Å². The Balaban J connectivity index is 1.91. The predicted molar refractivity (Wildman–Crippen MR) is 106 cm³/mol. The maximum atomic E-state index is 13.2. The number of likely N-dealkylation sites (N-methyl/N-ethyl adjacent to an activating group) is 1. The zero-order chi connectivity index (χ0) is 19.8. The van der Waals surface area contributed by atoms with Crippen molar-refractivity contribution in [2.45, 2.75) is 38.8 Å². The van der Waals surface area contributed by atoms with Crippen molar-refractivity contribution in [2.75, 3.05) is 46.9 Å². The molecule has 0 bridgehead atoms. The first-order chi connectivity index (χ1) is 12.9. The highest BCUT2D eigenvalue weighted by molar-refractivity contribution is 5.78. The van der Waals surface area contributed by atoms with Crippen LogP contribution in [0.15, 0.2) is 24.3 Å². The minimum atomic E-state index is -0.259. The smallest absolute Gasteiger partial charge is 0.234 e. The maximum absolute atomic E-state index is 13.2. The van der Waals surface area contributed by atoms with Crippen LogP contribution in [0.5, 0.6) is 0 Å². The second-order valence-electron chi connectivity index (χ2n) is 7.86. The highest BCUT2D eigenvalue weighted by Crippen LogP contribution is 2.23. The van der Waals surface area contributed by atoms with E-state index in [0.29, 0.717) is 12.6 Å². The molecule has 1 aliphatic rings. The van der Waals surface area contributed by atoms with E-state index in [1.165, 1.54) is 12.1 Å². The first-order valence-corrected chi connectivity index (χ1v) is 9.87. The standard InChI is InChI=1S/C21H34FN3O2/c1-16(2)21(17-7-9-18(22)10-8-17)23-20(26)15-25-11-5-6-19(25)14-24(3)12-13-27-4/h7-10,16,19,21H,5-6,11-15H2,1-4H3,(H,23,26)/t19-,21+/m0/s1. The summed E-state index contributed by atoms with van der Waals surface area (Å²) in [6, 6.07) is 6.70. The lowest BCUT2D eigenvalue weighted by atomic mass is 9.96. The van der Waals surface area contributed by atoms with Crippen LogP contribution < -0.4 is 5.32 Å². The fraction of sp³-hybridized carbons (Fsp3) is 0.667. The van der Waals surface area contributed by atoms with Crippen LogP contribution in [-0.2, 0) is 9.53 Å². The topological polar surface area (TPSA) is 44.8 Å². The number of methoxy groups -OCH3 is 1. The van der Waals surface area contributed by atoms with E-state index < -0.39 is 0 Å². The third kappa shape index (κ3) is 6.87. The van der Waals surface area contributed by atoms with Crippen molar-refractivity contribution in [3.05, 3.63) is 35.6 Å². The number of benzene rings is 1. The second kappa shape index (κ2) is 10.7. The molecule has 1 aromatic rings. The molecule has 1 fully saturated rings. The van der Waals surface area contributed by atoms with Gasteiger partial charge in [-0.3, -0.25) is 9.69 Å². The summed E-state index contributed by atoms with van der Waals surface area (Å²) in [5.41, 5.74) is 0.942. The SMILES string of the molecule is COCCN(C)C[C@@H]1CCCN1CC(=O)N[C@@H](c1ccc(F)cc1)C(C)C. The Bertz CT molecular complexity index is 579. The first-order valence-electron chi connectivity index (χ1n) is 9.87. The third-order valence-corrected chi connectivity index (χ3v) is 5.26. The zero-order valence-corrected chi connectivity index (χ0v) is 17.1. The average Bonchev–Trinajstić information content (AvgIpc) is 3.05. The fourth-order valence-corrected chi connectivity index (χ4v) is 3.72. The van der Waals surface area contributed by atoms with E-state index in [4.69, 9.17) is 4.74 Å². The van der Waals surface area contributed by atoms with Crippen molar-refractivity contribution < 1.29 is 13.9 Å². The molecule has 0 aliphatic carbocycles. The molecule has 0 spiro atoms. The molecule has 27 heavy (non-hydrogen) atoms. The zero-order valence-electron chi connectivity index (χ0n) is 17.1. The van der Waals surface area contributed by atoms with Gasteiger partial charge in [0.15, 0.2) is 0 Å². The molecular formula is C21H34FN3O2. The molecule has 0 radical (unpaired) electrons. The number of rotatable bonds is 10. The monoisotopic (exact) mass is 379 g/mol. The molecule has 1 heterocycles. The van der Waals surface area contributed by atoms with E-state index in [-0.39, 0.29) is 23.7 Å². The average molecular weight is 380 g/mol. The quantitative estimate of drug-likeness (QED) is 0.679. The van der Waals surface area contributed by atoms with Gasteiger partial charge in [0, 0.05) is 26.2 Å². The van der Waals surface area contributed by atoms with Crippen molar-refractivity contribution in [3.8, 4) is 0 Å². The van der Waals surface area contributed by atoms with Gasteiger partial charge >= 0.3 is 0 Å². The van der Waals surface area contributed by atoms with Gasteiger partial charge in [-0.25, -0.2) is 4.39 Å². The van der Waals surface area contributed by atoms with Gasteiger partial charge in [0.2, 0.25) is 5.91 Å². The van der Waals surface area contributed by atoms with E-state index in [2.05, 4.69) is 36.0 Å². The molecule has 1 N–H and O–H groups in total. The Morgan fingerprint density at radius 3 is 2.70 bits per heavy atom. The molecule has 1 aromatic carbocycles. The number of carbonyl (C=O) groups excluding carboxylic acids is 1. The largest absolute Gasteiger partial charge is 0.383 e. The van der Waals surface area contributed by atoms with Crippen LogP contribution in [0.3, 0.4) is 0 Å². The summed E-state index contributed by atoms with van der Waals surface area (Å²) in [4.78, 5) is 17.2. The normalized spacial score (nSPS) is 19.0. The van der Waals surface area contributed by atoms with Crippen molar-refractivity contribution in [1.82, 2.24) is 15.1 Å². The Kier molecular flexibility index (Phi) is 8.67. The number of amides is 1. The fourth-order valence-electron chi connectivity index (χ4n) is 3.72. The van der Waals surface area contributed by atoms with Crippen molar-refractivity contribution in [2.24, 2.45) is 5.92 Å². The van der Waals surface area contributed by atoms with Crippen LogP contribution in [0.1, 0.15) is 38.3 Å². The molecule has 0 aromatic heterocycles. The summed E-state index contributed by atoms with van der Waals surface area (Å²) in [5, 5.41) is 3.15. The van der Waals surface area contributed by atoms with Crippen molar-refractivity contribution in [1.29, 1.82) is 0 Å². The van der Waals surface area contributed by atoms with Crippen molar-refractivity contribution in [3.63, 3.8) is 0 Å². The molecule has 2 rings (SSSR count). The molecule has 1 saturated heterocycles. The molecule has 2 atom stereocenters. The van der Waals surface area contributed by atoms with E-state index in [1.807, 2.05) is 0 Å². The van der Waals surface area contributed by atoms with Gasteiger partial charge in [0.25, 0.3) is 0 Å². The number of nitrogens with zero attached hydrogens (tertiary/aromatic N) is 2. The van der Waals surface area contributed by atoms with Gasteiger partial charge in [-0.05, 0) is 50.0 Å². The summed E-state index contributed by atoms with van der Waals surface area (Å²) in [6.45, 7) is 8.06. The molecule has 0 saturated carbocycles. The number of hydrogen-bond acceptors (Lipinski definition) is 4. The number of carbonyl (C=O) groups is 1. The Hall–Kier alpha value is -1.50. The van der Waals surface area contributed by atoms with Gasteiger partial charge in [-0.1, -0.05) is 26.0 Å². The molecular weight excluding hydrogens is 345 g/mol. The first kappa shape index (κ1) is 21.8. The number of halogens is 1. The number of nitrogens with one attached hydrogen (secondary N) is 1. The summed E-state index contributed by atoms with van der Waals surface area (Å²) >= 11 is 0. The highest BCUT2D eigenvalue weighted by atomic mass is 19.1. The van der Waals surface area contributed by atoms with E-state index in [0.717, 1.165) is 44.6 Å². The minimum absolute atomic E-state index is 0.0319. The number of hydrogen-bond donors (Lipinski definition) is 1. The third-order valence-electron chi connectivity index (χ3n) is 5.26. The summed E-state index contributed by atoms with van der Waals surface area (Å²) in [7, 11) is 3.81. The van der Waals surface area contributed by atoms with Gasteiger partial charge in [-0.2, -0.15) is 0 Å². The highest BCUT2D eigenvalue weighted by Gasteiger charge is 2.28. The van der Waals surface area contributed by atoms with Crippen LogP contribution in [-0.4, -0.2) is 68.7 Å². The van der Waals surface area contributed by atoms with Crippen LogP contribution >= 0.6 is 0 Å². The lowest BCUT2D eigenvalue weighted by Gasteiger charge is -2.29. The van der Waals surface area contributed by atoms with Gasteiger partial charge in [0.1, 0.15) is 5.82 Å². The van der Waals surface area contributed by atoms with Gasteiger partial charge < -0.3 is 15.0 Å². The Morgan fingerprint density at radius 2 is 2.07 bits per heavy atom. The molecule has 6 heteroatoms. The van der Waals surface area contributed by atoms with Crippen molar-refractivity contribution >= 4 is 5.91 Å². The van der Waals surface area contributed by atoms with E-state index in [1.54, 1.807) is 19.2 Å². The maximum Gasteiger partial charge on any atom is 0.234 e. The van der Waals surface area contributed by atoms with Crippen LogP contribution in [0, 0.1) is 11.7 Å². The Morgan fingerprint density at radius 1 is 1.37 bits per heavy atom. The summed E-state index contributed by atoms with van der Waals surface area (Å²) in [6.07, 6.45) is 2.25.